The van der Waals surface area contributed by atoms with Crippen molar-refractivity contribution in [3.63, 3.8) is 0 Å². The molecule has 0 radical (unpaired) electrons. The smallest absolute Gasteiger partial charge is 0.276 e. The molecule has 0 unspecified atom stereocenters. The van der Waals surface area contributed by atoms with Crippen molar-refractivity contribution in [2.75, 3.05) is 5.32 Å². The molecule has 0 spiro atoms. The summed E-state index contributed by atoms with van der Waals surface area (Å²) < 4.78 is 1.60. The number of halogens is 1. The van der Waals surface area contributed by atoms with E-state index in [2.05, 4.69) is 26.3 Å². The van der Waals surface area contributed by atoms with Crippen molar-refractivity contribution in [2.45, 2.75) is 5.33 Å². The quantitative estimate of drug-likeness (QED) is 0.884. The van der Waals surface area contributed by atoms with Gasteiger partial charge in [0.15, 0.2) is 5.69 Å². The average molecular weight is 294 g/mol. The zero-order valence-corrected chi connectivity index (χ0v) is 10.9. The summed E-state index contributed by atoms with van der Waals surface area (Å²) in [6.07, 6.45) is 1.74. The number of benzene rings is 1. The number of carbonyl (C=O) groups is 1. The van der Waals surface area contributed by atoms with Crippen LogP contribution in [0.1, 0.15) is 16.1 Å². The summed E-state index contributed by atoms with van der Waals surface area (Å²) in [6, 6.07) is 9.35. The molecule has 0 aliphatic rings. The third-order valence-electron chi connectivity index (χ3n) is 2.31. The number of aromatic nitrogens is 2. The summed E-state index contributed by atoms with van der Waals surface area (Å²) in [6.45, 7) is 0. The van der Waals surface area contributed by atoms with Crippen LogP contribution in [0.25, 0.3) is 0 Å². The first kappa shape index (κ1) is 11.9. The highest BCUT2D eigenvalue weighted by Crippen LogP contribution is 2.12. The Morgan fingerprint density at radius 1 is 1.35 bits per heavy atom. The van der Waals surface area contributed by atoms with Crippen molar-refractivity contribution in [3.8, 4) is 0 Å². The number of nitrogens with one attached hydrogen (secondary N) is 1. The predicted octanol–water partition coefficient (Wildman–Crippen LogP) is 2.57. The second-order valence-electron chi connectivity index (χ2n) is 3.66. The number of amides is 1. The molecule has 0 atom stereocenters. The lowest BCUT2D eigenvalue weighted by molar-refractivity contribution is 0.102. The van der Waals surface area contributed by atoms with E-state index in [9.17, 15) is 4.79 Å². The first-order chi connectivity index (χ1) is 8.19. The molecule has 0 fully saturated rings. The fourth-order valence-corrected chi connectivity index (χ4v) is 1.78. The molecule has 2 rings (SSSR count). The van der Waals surface area contributed by atoms with Gasteiger partial charge in [0, 0.05) is 24.3 Å². The Morgan fingerprint density at radius 3 is 2.59 bits per heavy atom. The Hall–Kier alpha value is -1.62. The van der Waals surface area contributed by atoms with Crippen molar-refractivity contribution in [1.29, 1.82) is 0 Å². The summed E-state index contributed by atoms with van der Waals surface area (Å²) in [5.74, 6) is -0.197. The molecule has 0 saturated carbocycles. The van der Waals surface area contributed by atoms with Crippen LogP contribution in [0, 0.1) is 0 Å². The van der Waals surface area contributed by atoms with Gasteiger partial charge in [-0.05, 0) is 23.8 Å². The number of hydrogen-bond donors (Lipinski definition) is 1. The Bertz CT molecular complexity index is 519. The third kappa shape index (κ3) is 2.94. The van der Waals surface area contributed by atoms with E-state index in [1.807, 2.05) is 24.3 Å². The van der Waals surface area contributed by atoms with Gasteiger partial charge in [-0.15, -0.1) is 0 Å². The SMILES string of the molecule is Cn1ccc(C(=O)Nc2ccc(CBr)cc2)n1. The van der Waals surface area contributed by atoms with Crippen LogP contribution in [0.5, 0.6) is 0 Å². The largest absolute Gasteiger partial charge is 0.321 e. The van der Waals surface area contributed by atoms with Crippen molar-refractivity contribution in [3.05, 3.63) is 47.8 Å². The number of anilines is 1. The molecule has 1 aromatic heterocycles. The highest BCUT2D eigenvalue weighted by molar-refractivity contribution is 9.08. The van der Waals surface area contributed by atoms with Gasteiger partial charge in [-0.2, -0.15) is 5.10 Å². The number of carbonyl (C=O) groups excluding carboxylic acids is 1. The molecule has 0 saturated heterocycles. The van der Waals surface area contributed by atoms with Crippen molar-refractivity contribution < 1.29 is 4.79 Å². The molecule has 1 heterocycles. The van der Waals surface area contributed by atoms with Gasteiger partial charge in [-0.25, -0.2) is 0 Å². The van der Waals surface area contributed by atoms with Gasteiger partial charge in [-0.1, -0.05) is 28.1 Å². The van der Waals surface area contributed by atoms with E-state index in [0.717, 1.165) is 11.0 Å². The van der Waals surface area contributed by atoms with Gasteiger partial charge >= 0.3 is 0 Å². The van der Waals surface area contributed by atoms with E-state index in [-0.39, 0.29) is 5.91 Å². The molecular formula is C12H12BrN3O. The molecule has 88 valence electrons. The van der Waals surface area contributed by atoms with E-state index in [4.69, 9.17) is 0 Å². The zero-order chi connectivity index (χ0) is 12.3. The van der Waals surface area contributed by atoms with Crippen LogP contribution in [0.2, 0.25) is 0 Å². The Kier molecular flexibility index (Phi) is 3.58. The highest BCUT2D eigenvalue weighted by atomic mass is 79.9. The lowest BCUT2D eigenvalue weighted by atomic mass is 10.2. The molecule has 5 heteroatoms. The number of alkyl halides is 1. The van der Waals surface area contributed by atoms with Crippen molar-refractivity contribution in [1.82, 2.24) is 9.78 Å². The van der Waals surface area contributed by atoms with Crippen LogP contribution in [0.15, 0.2) is 36.5 Å². The van der Waals surface area contributed by atoms with Crippen LogP contribution >= 0.6 is 15.9 Å². The summed E-state index contributed by atoms with van der Waals surface area (Å²) in [5.41, 5.74) is 2.35. The van der Waals surface area contributed by atoms with E-state index < -0.39 is 0 Å². The minimum absolute atomic E-state index is 0.197. The second kappa shape index (κ2) is 5.14. The maximum absolute atomic E-state index is 11.8. The standard InChI is InChI=1S/C12H12BrN3O/c1-16-7-6-11(15-16)12(17)14-10-4-2-9(8-13)3-5-10/h2-7H,8H2,1H3,(H,14,17). The monoisotopic (exact) mass is 293 g/mol. The zero-order valence-electron chi connectivity index (χ0n) is 9.35. The van der Waals surface area contributed by atoms with Gasteiger partial charge < -0.3 is 5.32 Å². The molecule has 2 aromatic rings. The average Bonchev–Trinajstić information content (AvgIpc) is 2.77. The number of rotatable bonds is 3. The van der Waals surface area contributed by atoms with Gasteiger partial charge in [0.1, 0.15) is 0 Å². The first-order valence-corrected chi connectivity index (χ1v) is 6.27. The second-order valence-corrected chi connectivity index (χ2v) is 4.22. The number of hydrogen-bond acceptors (Lipinski definition) is 2. The number of aryl methyl sites for hydroxylation is 1. The molecule has 1 amide bonds. The first-order valence-electron chi connectivity index (χ1n) is 5.15. The van der Waals surface area contributed by atoms with Crippen LogP contribution < -0.4 is 5.32 Å². The summed E-state index contributed by atoms with van der Waals surface area (Å²) in [4.78, 5) is 11.8. The Balaban J connectivity index is 2.07. The van der Waals surface area contributed by atoms with Gasteiger partial charge in [0.05, 0.1) is 0 Å². The van der Waals surface area contributed by atoms with E-state index in [0.29, 0.717) is 5.69 Å². The van der Waals surface area contributed by atoms with Gasteiger partial charge in [-0.3, -0.25) is 9.48 Å². The fourth-order valence-electron chi connectivity index (χ4n) is 1.41. The summed E-state index contributed by atoms with van der Waals surface area (Å²) >= 11 is 3.37. The predicted molar refractivity (Wildman–Crippen MR) is 70.2 cm³/mol. The van der Waals surface area contributed by atoms with E-state index in [1.54, 1.807) is 24.0 Å². The number of nitrogens with zero attached hydrogens (tertiary/aromatic N) is 2. The molecule has 1 aromatic carbocycles. The van der Waals surface area contributed by atoms with Crippen LogP contribution in [0.4, 0.5) is 5.69 Å². The molecule has 4 nitrogen and oxygen atoms in total. The molecule has 0 bridgehead atoms. The summed E-state index contributed by atoms with van der Waals surface area (Å²) in [7, 11) is 1.78. The maximum atomic E-state index is 11.8. The van der Waals surface area contributed by atoms with Crippen molar-refractivity contribution >= 4 is 27.5 Å². The maximum Gasteiger partial charge on any atom is 0.276 e. The highest BCUT2D eigenvalue weighted by Gasteiger charge is 2.08. The molecular weight excluding hydrogens is 282 g/mol. The normalized spacial score (nSPS) is 10.2. The van der Waals surface area contributed by atoms with Crippen LogP contribution in [0.3, 0.4) is 0 Å². The minimum Gasteiger partial charge on any atom is -0.321 e. The minimum atomic E-state index is -0.197. The lowest BCUT2D eigenvalue weighted by Crippen LogP contribution is -2.12. The molecule has 1 N–H and O–H groups in total. The lowest BCUT2D eigenvalue weighted by Gasteiger charge is -2.03. The van der Waals surface area contributed by atoms with E-state index in [1.165, 1.54) is 5.56 Å². The van der Waals surface area contributed by atoms with E-state index >= 15 is 0 Å². The third-order valence-corrected chi connectivity index (χ3v) is 2.96. The fraction of sp³-hybridized carbons (Fsp3) is 0.167. The van der Waals surface area contributed by atoms with Gasteiger partial charge in [0.2, 0.25) is 0 Å². The molecule has 0 aliphatic carbocycles. The molecule has 17 heavy (non-hydrogen) atoms. The Labute approximate surface area is 108 Å². The van der Waals surface area contributed by atoms with Crippen LogP contribution in [-0.4, -0.2) is 15.7 Å². The van der Waals surface area contributed by atoms with Gasteiger partial charge in [0.25, 0.3) is 5.91 Å². The molecule has 0 aliphatic heterocycles. The topological polar surface area (TPSA) is 46.9 Å². The summed E-state index contributed by atoms with van der Waals surface area (Å²) in [5, 5.41) is 7.64. The Morgan fingerprint density at radius 2 is 2.06 bits per heavy atom. The van der Waals surface area contributed by atoms with Crippen molar-refractivity contribution in [2.24, 2.45) is 7.05 Å². The van der Waals surface area contributed by atoms with Crippen LogP contribution in [-0.2, 0) is 12.4 Å².